The Labute approximate surface area is 206 Å². The number of rotatable bonds is 10. The van der Waals surface area contributed by atoms with Crippen molar-refractivity contribution in [1.29, 1.82) is 0 Å². The number of nitrogens with zero attached hydrogens (tertiary/aromatic N) is 2. The van der Waals surface area contributed by atoms with Crippen molar-refractivity contribution in [3.8, 4) is 11.5 Å². The summed E-state index contributed by atoms with van der Waals surface area (Å²) in [6, 6.07) is 27.9. The molecule has 7 nitrogen and oxygen atoms in total. The van der Waals surface area contributed by atoms with Crippen molar-refractivity contribution in [2.75, 3.05) is 38.9 Å². The molecule has 1 aliphatic heterocycles. The molecule has 0 unspecified atom stereocenters. The Bertz CT molecular complexity index is 1040. The number of carbonyl (C=O) groups excluding carboxylic acids is 1. The Balaban J connectivity index is 1.24. The Morgan fingerprint density at radius 3 is 1.80 bits per heavy atom. The van der Waals surface area contributed by atoms with Crippen LogP contribution in [0.4, 0.5) is 4.79 Å². The van der Waals surface area contributed by atoms with Gasteiger partial charge in [-0.3, -0.25) is 4.90 Å². The summed E-state index contributed by atoms with van der Waals surface area (Å²) in [5.74, 6) is 1.05. The van der Waals surface area contributed by atoms with Gasteiger partial charge in [0.15, 0.2) is 0 Å². The summed E-state index contributed by atoms with van der Waals surface area (Å²) in [5, 5.41) is 0. The van der Waals surface area contributed by atoms with Crippen molar-refractivity contribution in [3.05, 3.63) is 96.6 Å². The first-order valence-electron chi connectivity index (χ1n) is 11.9. The minimum absolute atomic E-state index is 0.276. The number of hydrogen-bond acceptors (Lipinski definition) is 6. The minimum Gasteiger partial charge on any atom is -0.445 e. The SMILES string of the molecule is O=C(OCc1ccccc1)N1CCN(CCCP(=O)(Oc2ccccc2)Oc2ccccc2)CC1. The number of ether oxygens (including phenoxy) is 1. The van der Waals surface area contributed by atoms with E-state index in [2.05, 4.69) is 4.90 Å². The second kappa shape index (κ2) is 12.4. The lowest BCUT2D eigenvalue weighted by molar-refractivity contribution is 0.0717. The molecule has 184 valence electrons. The fraction of sp³-hybridized carbons (Fsp3) is 0.296. The molecule has 3 aromatic carbocycles. The average Bonchev–Trinajstić information content (AvgIpc) is 2.89. The predicted molar refractivity (Wildman–Crippen MR) is 136 cm³/mol. The Morgan fingerprint density at radius 1 is 0.743 bits per heavy atom. The lowest BCUT2D eigenvalue weighted by atomic mass is 10.2. The zero-order chi connectivity index (χ0) is 24.3. The highest BCUT2D eigenvalue weighted by Crippen LogP contribution is 2.49. The smallest absolute Gasteiger partial charge is 0.430 e. The molecule has 0 radical (unpaired) electrons. The summed E-state index contributed by atoms with van der Waals surface area (Å²) < 4.78 is 30.7. The van der Waals surface area contributed by atoms with Crippen LogP contribution in [0, 0.1) is 0 Å². The van der Waals surface area contributed by atoms with Crippen LogP contribution in [0.25, 0.3) is 0 Å². The van der Waals surface area contributed by atoms with Gasteiger partial charge < -0.3 is 18.7 Å². The molecule has 0 aliphatic carbocycles. The average molecular weight is 495 g/mol. The molecule has 0 aromatic heterocycles. The quantitative estimate of drug-likeness (QED) is 0.338. The molecule has 0 saturated carbocycles. The van der Waals surface area contributed by atoms with E-state index in [0.717, 1.165) is 25.2 Å². The van der Waals surface area contributed by atoms with E-state index >= 15 is 0 Å². The van der Waals surface area contributed by atoms with Crippen LogP contribution in [0.3, 0.4) is 0 Å². The number of carbonyl (C=O) groups is 1. The molecule has 0 spiro atoms. The predicted octanol–water partition coefficient (Wildman–Crippen LogP) is 5.68. The van der Waals surface area contributed by atoms with Crippen LogP contribution in [-0.2, 0) is 15.9 Å². The van der Waals surface area contributed by atoms with E-state index in [-0.39, 0.29) is 18.9 Å². The number of hydrogen-bond donors (Lipinski definition) is 0. The molecule has 0 atom stereocenters. The van der Waals surface area contributed by atoms with Gasteiger partial charge in [0.05, 0.1) is 6.16 Å². The maximum absolute atomic E-state index is 13.6. The first-order chi connectivity index (χ1) is 17.1. The van der Waals surface area contributed by atoms with Gasteiger partial charge in [-0.15, -0.1) is 0 Å². The second-order valence-corrected chi connectivity index (χ2v) is 10.4. The summed E-state index contributed by atoms with van der Waals surface area (Å²) >= 11 is 0. The highest BCUT2D eigenvalue weighted by Gasteiger charge is 2.29. The van der Waals surface area contributed by atoms with Gasteiger partial charge in [0, 0.05) is 26.2 Å². The van der Waals surface area contributed by atoms with Gasteiger partial charge in [0.2, 0.25) is 0 Å². The third kappa shape index (κ3) is 7.88. The molecular weight excluding hydrogens is 463 g/mol. The standard InChI is InChI=1S/C27H31N2O5P/c30-27(32-23-24-11-4-1-5-12-24)29-20-18-28(19-21-29)17-10-22-35(31,33-25-13-6-2-7-14-25)34-26-15-8-3-9-16-26/h1-9,11-16H,10,17-23H2. The molecule has 0 N–H and O–H groups in total. The van der Waals surface area contributed by atoms with E-state index in [1.165, 1.54) is 0 Å². The molecular formula is C27H31N2O5P. The van der Waals surface area contributed by atoms with Crippen LogP contribution in [0.5, 0.6) is 11.5 Å². The molecule has 4 rings (SSSR count). The fourth-order valence-electron chi connectivity index (χ4n) is 3.85. The summed E-state index contributed by atoms with van der Waals surface area (Å²) in [7, 11) is -3.41. The van der Waals surface area contributed by atoms with Gasteiger partial charge in [-0.1, -0.05) is 66.7 Å². The van der Waals surface area contributed by atoms with Gasteiger partial charge >= 0.3 is 13.7 Å². The molecule has 1 amide bonds. The van der Waals surface area contributed by atoms with E-state index < -0.39 is 7.60 Å². The summed E-state index contributed by atoms with van der Waals surface area (Å²) in [5.41, 5.74) is 0.972. The highest BCUT2D eigenvalue weighted by molar-refractivity contribution is 7.54. The highest BCUT2D eigenvalue weighted by atomic mass is 31.2. The van der Waals surface area contributed by atoms with Gasteiger partial charge in [-0.05, 0) is 42.8 Å². The van der Waals surface area contributed by atoms with Gasteiger partial charge in [-0.2, -0.15) is 0 Å². The fourth-order valence-corrected chi connectivity index (χ4v) is 5.48. The molecule has 35 heavy (non-hydrogen) atoms. The zero-order valence-corrected chi connectivity index (χ0v) is 20.6. The first kappa shape index (κ1) is 24.8. The lowest BCUT2D eigenvalue weighted by Crippen LogP contribution is -2.49. The number of piperazine rings is 1. The van der Waals surface area contributed by atoms with Crippen LogP contribution in [0.15, 0.2) is 91.0 Å². The molecule has 1 heterocycles. The van der Waals surface area contributed by atoms with E-state index in [0.29, 0.717) is 31.0 Å². The van der Waals surface area contributed by atoms with Crippen molar-refractivity contribution >= 4 is 13.7 Å². The van der Waals surface area contributed by atoms with E-state index in [1.807, 2.05) is 66.7 Å². The monoisotopic (exact) mass is 494 g/mol. The molecule has 8 heteroatoms. The third-order valence-electron chi connectivity index (χ3n) is 5.72. The summed E-state index contributed by atoms with van der Waals surface area (Å²) in [6.07, 6.45) is 0.649. The summed E-state index contributed by atoms with van der Waals surface area (Å²) in [4.78, 5) is 16.4. The number of benzene rings is 3. The topological polar surface area (TPSA) is 68.3 Å². The van der Waals surface area contributed by atoms with E-state index in [4.69, 9.17) is 13.8 Å². The maximum Gasteiger partial charge on any atom is 0.430 e. The zero-order valence-electron chi connectivity index (χ0n) is 19.7. The number of amides is 1. The van der Waals surface area contributed by atoms with Crippen molar-refractivity contribution in [3.63, 3.8) is 0 Å². The van der Waals surface area contributed by atoms with Crippen LogP contribution < -0.4 is 9.05 Å². The van der Waals surface area contributed by atoms with E-state index in [9.17, 15) is 9.36 Å². The van der Waals surface area contributed by atoms with Gasteiger partial charge in [0.25, 0.3) is 0 Å². The third-order valence-corrected chi connectivity index (χ3v) is 7.56. The van der Waals surface area contributed by atoms with E-state index in [1.54, 1.807) is 29.2 Å². The minimum atomic E-state index is -3.41. The van der Waals surface area contributed by atoms with Crippen LogP contribution in [-0.4, -0.2) is 54.8 Å². The Kier molecular flexibility index (Phi) is 8.82. The van der Waals surface area contributed by atoms with Crippen LogP contribution >= 0.6 is 7.60 Å². The maximum atomic E-state index is 13.6. The van der Waals surface area contributed by atoms with Crippen molar-refractivity contribution in [2.24, 2.45) is 0 Å². The molecule has 1 saturated heterocycles. The normalized spacial score (nSPS) is 14.3. The first-order valence-corrected chi connectivity index (χ1v) is 13.6. The van der Waals surface area contributed by atoms with Crippen LogP contribution in [0.1, 0.15) is 12.0 Å². The Hall–Kier alpha value is -3.28. The van der Waals surface area contributed by atoms with Crippen molar-refractivity contribution in [1.82, 2.24) is 9.80 Å². The van der Waals surface area contributed by atoms with Gasteiger partial charge in [-0.25, -0.2) is 9.36 Å². The van der Waals surface area contributed by atoms with Crippen molar-refractivity contribution in [2.45, 2.75) is 13.0 Å². The second-order valence-electron chi connectivity index (χ2n) is 8.37. The molecule has 1 fully saturated rings. The molecule has 3 aromatic rings. The lowest BCUT2D eigenvalue weighted by Gasteiger charge is -2.34. The molecule has 0 bridgehead atoms. The number of para-hydroxylation sites is 2. The Morgan fingerprint density at radius 2 is 1.26 bits per heavy atom. The van der Waals surface area contributed by atoms with Crippen LogP contribution in [0.2, 0.25) is 0 Å². The molecule has 1 aliphatic rings. The largest absolute Gasteiger partial charge is 0.445 e. The van der Waals surface area contributed by atoms with Gasteiger partial charge in [0.1, 0.15) is 18.1 Å². The van der Waals surface area contributed by atoms with Crippen molar-refractivity contribution < 1.29 is 23.1 Å². The summed E-state index contributed by atoms with van der Waals surface area (Å²) in [6.45, 7) is 3.71.